The number of allylic oxidation sites excluding steroid dienone is 7. The lowest BCUT2D eigenvalue weighted by molar-refractivity contribution is 0.353. The fraction of sp³-hybridized carbons (Fsp3) is 0.700. The number of hydrogen-bond acceptors (Lipinski definition) is 0. The van der Waals surface area contributed by atoms with Gasteiger partial charge in [-0.25, -0.2) is 0 Å². The summed E-state index contributed by atoms with van der Waals surface area (Å²) in [5.74, 6) is 4.30. The molecule has 0 aliphatic heterocycles. The predicted molar refractivity (Wildman–Crippen MR) is 146 cm³/mol. The first-order valence-corrected chi connectivity index (χ1v) is 14.2. The molecule has 0 spiro atoms. The minimum Gasteiger partial charge on any atom is -0.196 e. The molecule has 0 saturated heterocycles. The lowest BCUT2D eigenvalue weighted by atomic mass is 9.82. The van der Waals surface area contributed by atoms with E-state index >= 15 is 0 Å². The molecule has 0 aromatic rings. The lowest BCUT2D eigenvalue weighted by Crippen LogP contribution is -2.21. The highest BCUT2D eigenvalue weighted by Crippen LogP contribution is 2.48. The zero-order valence-electron chi connectivity index (χ0n) is 21.3. The molecule has 6 atom stereocenters. The maximum atomic E-state index is 2.49. The molecule has 2 aliphatic rings. The Morgan fingerprint density at radius 1 is 1.10 bits per heavy atom. The number of unbranched alkanes of at least 4 members (excludes halogenated alkanes) is 2. The first kappa shape index (κ1) is 26.4. The van der Waals surface area contributed by atoms with Gasteiger partial charge in [-0.05, 0) is 101 Å². The van der Waals surface area contributed by atoms with Crippen LogP contribution in [0.25, 0.3) is 0 Å². The smallest absolute Gasteiger partial charge is 0.0242 e. The largest absolute Gasteiger partial charge is 0.196 e. The van der Waals surface area contributed by atoms with Gasteiger partial charge in [0.15, 0.2) is 0 Å². The Hall–Kier alpha value is -0.820. The molecule has 0 aromatic carbocycles. The van der Waals surface area contributed by atoms with Crippen molar-refractivity contribution >= 4 is 16.7 Å². The van der Waals surface area contributed by atoms with E-state index in [4.69, 9.17) is 0 Å². The SMILES string of the molecule is CC/C=[SH]\[C@H]1C([C@@H](C)CCC(CC/C=C\CCCC=C(C)C)[C@@H]2C[C@@H]2C)=CC=C[C@H]1C. The van der Waals surface area contributed by atoms with Gasteiger partial charge < -0.3 is 0 Å². The molecule has 2 aliphatic carbocycles. The van der Waals surface area contributed by atoms with Crippen molar-refractivity contribution in [2.75, 3.05) is 0 Å². The fourth-order valence-corrected chi connectivity index (χ4v) is 6.45. The van der Waals surface area contributed by atoms with E-state index in [2.05, 4.69) is 83.4 Å². The van der Waals surface area contributed by atoms with Crippen LogP contribution in [0.1, 0.15) is 99.3 Å². The molecular formula is C30H50S. The maximum absolute atomic E-state index is 2.49. The van der Waals surface area contributed by atoms with E-state index in [0.29, 0.717) is 11.2 Å². The molecule has 1 heteroatoms. The van der Waals surface area contributed by atoms with Crippen LogP contribution < -0.4 is 0 Å². The van der Waals surface area contributed by atoms with E-state index in [-0.39, 0.29) is 0 Å². The lowest BCUT2D eigenvalue weighted by Gasteiger charge is -2.30. The second kappa shape index (κ2) is 14.4. The van der Waals surface area contributed by atoms with E-state index in [0.717, 1.165) is 23.7 Å². The van der Waals surface area contributed by atoms with Crippen LogP contribution in [-0.4, -0.2) is 10.6 Å². The fourth-order valence-electron chi connectivity index (χ4n) is 5.13. The van der Waals surface area contributed by atoms with Gasteiger partial charge >= 0.3 is 0 Å². The van der Waals surface area contributed by atoms with Crippen molar-refractivity contribution in [1.82, 2.24) is 0 Å². The van der Waals surface area contributed by atoms with Crippen LogP contribution in [0.3, 0.4) is 0 Å². The van der Waals surface area contributed by atoms with Crippen molar-refractivity contribution in [2.45, 2.75) is 105 Å². The standard InChI is InChI=1S/C30H50S/c1-7-21-31-30-25(5)16-14-18-28(30)24(4)19-20-27(29-22-26(29)6)17-13-11-9-8-10-12-15-23(2)3/h9,11,14-16,18,21,24-27,29-31H,7-8,10,12-13,17,19-20,22H2,1-6H3/b11-9-/t24-,25+,26-,27?,29+,30+/m0/s1. The van der Waals surface area contributed by atoms with Crippen molar-refractivity contribution in [3.63, 3.8) is 0 Å². The predicted octanol–water partition coefficient (Wildman–Crippen LogP) is 9.33. The Balaban J connectivity index is 1.80. The summed E-state index contributed by atoms with van der Waals surface area (Å²) in [7, 11) is 0. The number of rotatable bonds is 14. The van der Waals surface area contributed by atoms with Crippen LogP contribution in [0.4, 0.5) is 0 Å². The Morgan fingerprint density at radius 3 is 2.52 bits per heavy atom. The molecule has 0 bridgehead atoms. The summed E-state index contributed by atoms with van der Waals surface area (Å²) in [4.78, 5) is 0. The van der Waals surface area contributed by atoms with Gasteiger partial charge in [-0.2, -0.15) is 11.4 Å². The number of thiol groups is 1. The highest BCUT2D eigenvalue weighted by atomic mass is 32.1. The Labute approximate surface area is 198 Å². The van der Waals surface area contributed by atoms with Crippen LogP contribution >= 0.6 is 11.4 Å². The van der Waals surface area contributed by atoms with Gasteiger partial charge in [0, 0.05) is 5.25 Å². The Morgan fingerprint density at radius 2 is 1.84 bits per heavy atom. The molecule has 31 heavy (non-hydrogen) atoms. The van der Waals surface area contributed by atoms with E-state index in [9.17, 15) is 0 Å². The van der Waals surface area contributed by atoms with E-state index in [1.54, 1.807) is 5.57 Å². The van der Waals surface area contributed by atoms with Crippen molar-refractivity contribution in [2.24, 2.45) is 29.6 Å². The van der Waals surface area contributed by atoms with E-state index in [1.807, 2.05) is 0 Å². The van der Waals surface area contributed by atoms with Crippen LogP contribution in [0.2, 0.25) is 0 Å². The zero-order valence-corrected chi connectivity index (χ0v) is 22.2. The maximum Gasteiger partial charge on any atom is 0.0242 e. The van der Waals surface area contributed by atoms with Crippen molar-refractivity contribution in [3.8, 4) is 0 Å². The van der Waals surface area contributed by atoms with Gasteiger partial charge in [0.05, 0.1) is 0 Å². The van der Waals surface area contributed by atoms with Crippen molar-refractivity contribution in [1.29, 1.82) is 0 Å². The Kier molecular flexibility index (Phi) is 12.2. The molecule has 0 N–H and O–H groups in total. The van der Waals surface area contributed by atoms with Gasteiger partial charge in [0.2, 0.25) is 0 Å². The molecule has 0 amide bonds. The minimum atomic E-state index is 0.674. The quantitative estimate of drug-likeness (QED) is 0.118. The highest BCUT2D eigenvalue weighted by molar-refractivity contribution is 7.98. The van der Waals surface area contributed by atoms with Crippen molar-refractivity contribution in [3.05, 3.63) is 47.6 Å². The molecule has 0 nitrogen and oxygen atoms in total. The molecule has 1 unspecified atom stereocenters. The average Bonchev–Trinajstić information content (AvgIpc) is 3.46. The molecule has 0 aromatic heterocycles. The minimum absolute atomic E-state index is 0.674. The second-order valence-electron chi connectivity index (χ2n) is 10.5. The summed E-state index contributed by atoms with van der Waals surface area (Å²) in [6, 6.07) is 0. The summed E-state index contributed by atoms with van der Waals surface area (Å²) in [6.07, 6.45) is 26.3. The molecule has 2 rings (SSSR count). The van der Waals surface area contributed by atoms with Gasteiger partial charge in [-0.3, -0.25) is 0 Å². The van der Waals surface area contributed by atoms with Gasteiger partial charge in [-0.15, -0.1) is 0 Å². The summed E-state index contributed by atoms with van der Waals surface area (Å²) in [6.45, 7) is 14.0. The zero-order chi connectivity index (χ0) is 22.6. The summed E-state index contributed by atoms with van der Waals surface area (Å²) in [5.41, 5.74) is 3.16. The summed E-state index contributed by atoms with van der Waals surface area (Å²) in [5, 5.41) is 3.16. The average molecular weight is 443 g/mol. The van der Waals surface area contributed by atoms with Crippen LogP contribution in [0.5, 0.6) is 0 Å². The summed E-state index contributed by atoms with van der Waals surface area (Å²) < 4.78 is 0. The first-order chi connectivity index (χ1) is 14.9. The third-order valence-corrected chi connectivity index (χ3v) is 8.97. The molecular weight excluding hydrogens is 392 g/mol. The normalized spacial score (nSPS) is 27.7. The molecule has 0 radical (unpaired) electrons. The monoisotopic (exact) mass is 442 g/mol. The molecule has 1 saturated carbocycles. The van der Waals surface area contributed by atoms with Gasteiger partial charge in [0.25, 0.3) is 0 Å². The van der Waals surface area contributed by atoms with Crippen LogP contribution in [0.15, 0.2) is 47.6 Å². The van der Waals surface area contributed by atoms with Crippen LogP contribution in [-0.2, 0) is 0 Å². The van der Waals surface area contributed by atoms with Crippen LogP contribution in [0, 0.1) is 29.6 Å². The van der Waals surface area contributed by atoms with Gasteiger partial charge in [0.1, 0.15) is 0 Å². The Bertz CT molecular complexity index is 658. The second-order valence-corrected chi connectivity index (χ2v) is 11.7. The topological polar surface area (TPSA) is 0 Å². The third kappa shape index (κ3) is 9.68. The molecule has 176 valence electrons. The molecule has 0 heterocycles. The van der Waals surface area contributed by atoms with E-state index < -0.39 is 0 Å². The number of hydrogen-bond donors (Lipinski definition) is 1. The summed E-state index contributed by atoms with van der Waals surface area (Å²) >= 11 is 1.52. The van der Waals surface area contributed by atoms with Gasteiger partial charge in [-0.1, -0.05) is 80.7 Å². The third-order valence-electron chi connectivity index (χ3n) is 7.31. The molecule has 1 fully saturated rings. The van der Waals surface area contributed by atoms with Crippen molar-refractivity contribution < 1.29 is 0 Å². The highest BCUT2D eigenvalue weighted by Gasteiger charge is 2.38. The first-order valence-electron chi connectivity index (χ1n) is 13.1. The van der Waals surface area contributed by atoms with E-state index in [1.165, 1.54) is 74.7 Å².